The van der Waals surface area contributed by atoms with Crippen molar-refractivity contribution in [3.63, 3.8) is 0 Å². The van der Waals surface area contributed by atoms with Gasteiger partial charge >= 0.3 is 0 Å². The number of hydrogen-bond acceptors (Lipinski definition) is 4. The van der Waals surface area contributed by atoms with Gasteiger partial charge in [-0.2, -0.15) is 0 Å². The summed E-state index contributed by atoms with van der Waals surface area (Å²) in [6, 6.07) is 14.8. The van der Waals surface area contributed by atoms with Gasteiger partial charge in [0.2, 0.25) is 0 Å². The molecular weight excluding hydrogens is 389 g/mol. The molecule has 7 heteroatoms. The summed E-state index contributed by atoms with van der Waals surface area (Å²) in [5.74, 6) is 1.61. The summed E-state index contributed by atoms with van der Waals surface area (Å²) in [4.78, 5) is 18.4. The highest BCUT2D eigenvalue weighted by molar-refractivity contribution is 7.99. The van der Waals surface area contributed by atoms with Crippen molar-refractivity contribution in [2.75, 3.05) is 57.0 Å². The average Bonchev–Trinajstić information content (AvgIpc) is 3.24. The van der Waals surface area contributed by atoms with Crippen LogP contribution < -0.4 is 14.5 Å². The Morgan fingerprint density at radius 2 is 1.86 bits per heavy atom. The normalized spacial score (nSPS) is 20.1. The number of carbonyl (C=O) groups excluding carboxylic acids is 1. The van der Waals surface area contributed by atoms with Crippen molar-refractivity contribution in [2.45, 2.75) is 5.37 Å². The van der Waals surface area contributed by atoms with Gasteiger partial charge in [0.1, 0.15) is 16.9 Å². The fourth-order valence-corrected chi connectivity index (χ4v) is 5.40. The van der Waals surface area contributed by atoms with Crippen LogP contribution in [0.4, 0.5) is 10.1 Å². The molecule has 2 fully saturated rings. The summed E-state index contributed by atoms with van der Waals surface area (Å²) in [5.41, 5.74) is 1.72. The molecule has 1 N–H and O–H groups in total. The van der Waals surface area contributed by atoms with E-state index in [9.17, 15) is 9.18 Å². The molecule has 2 heterocycles. The van der Waals surface area contributed by atoms with Gasteiger partial charge in [-0.3, -0.25) is 4.79 Å². The van der Waals surface area contributed by atoms with Crippen molar-refractivity contribution < 1.29 is 18.8 Å². The molecule has 29 heavy (non-hydrogen) atoms. The number of carbonyl (C=O) groups is 1. The van der Waals surface area contributed by atoms with Crippen molar-refractivity contribution in [3.05, 3.63) is 59.9 Å². The number of amides is 1. The van der Waals surface area contributed by atoms with Gasteiger partial charge in [-0.05, 0) is 18.2 Å². The number of thioether (sulfide) groups is 1. The number of nitrogens with one attached hydrogen (secondary N) is 1. The molecule has 0 aromatic heterocycles. The van der Waals surface area contributed by atoms with Crippen LogP contribution in [0, 0.1) is 5.82 Å². The SMILES string of the molecule is COc1ccccc1N1CC[NH+](CC(=O)N2CCS[C@@H]2c2ccccc2F)CC1. The highest BCUT2D eigenvalue weighted by Gasteiger charge is 2.34. The number of anilines is 1. The lowest BCUT2D eigenvalue weighted by atomic mass is 10.2. The third-order valence-electron chi connectivity index (χ3n) is 5.68. The molecule has 4 rings (SSSR count). The zero-order chi connectivity index (χ0) is 20.2. The summed E-state index contributed by atoms with van der Waals surface area (Å²) in [6.45, 7) is 4.71. The zero-order valence-corrected chi connectivity index (χ0v) is 17.5. The first-order valence-electron chi connectivity index (χ1n) is 10.0. The van der Waals surface area contributed by atoms with Crippen LogP contribution in [-0.2, 0) is 4.79 Å². The van der Waals surface area contributed by atoms with Crippen LogP contribution in [0.5, 0.6) is 5.75 Å². The third-order valence-corrected chi connectivity index (χ3v) is 6.92. The number of nitrogens with zero attached hydrogens (tertiary/aromatic N) is 2. The molecule has 2 aliphatic heterocycles. The highest BCUT2D eigenvalue weighted by atomic mass is 32.2. The van der Waals surface area contributed by atoms with E-state index in [1.54, 1.807) is 31.0 Å². The number of halogens is 1. The Hall–Kier alpha value is -2.25. The van der Waals surface area contributed by atoms with E-state index in [4.69, 9.17) is 4.74 Å². The molecule has 2 aliphatic rings. The lowest BCUT2D eigenvalue weighted by molar-refractivity contribution is -0.892. The predicted molar refractivity (Wildman–Crippen MR) is 114 cm³/mol. The van der Waals surface area contributed by atoms with Crippen molar-refractivity contribution >= 4 is 23.4 Å². The molecule has 5 nitrogen and oxygen atoms in total. The lowest BCUT2D eigenvalue weighted by Gasteiger charge is -2.35. The van der Waals surface area contributed by atoms with Gasteiger partial charge in [-0.25, -0.2) is 4.39 Å². The molecular formula is C22H27FN3O2S+. The summed E-state index contributed by atoms with van der Waals surface area (Å²) in [6.07, 6.45) is 0. The van der Waals surface area contributed by atoms with E-state index < -0.39 is 0 Å². The maximum Gasteiger partial charge on any atom is 0.278 e. The minimum absolute atomic E-state index is 0.115. The van der Waals surface area contributed by atoms with Gasteiger partial charge in [0.15, 0.2) is 6.54 Å². The monoisotopic (exact) mass is 416 g/mol. The molecule has 0 saturated carbocycles. The topological polar surface area (TPSA) is 37.2 Å². The van der Waals surface area contributed by atoms with Crippen molar-refractivity contribution in [1.82, 2.24) is 4.90 Å². The molecule has 2 saturated heterocycles. The first kappa shape index (κ1) is 20.0. The van der Waals surface area contributed by atoms with Gasteiger partial charge in [-0.1, -0.05) is 30.3 Å². The van der Waals surface area contributed by atoms with E-state index in [0.717, 1.165) is 43.4 Å². The quantitative estimate of drug-likeness (QED) is 0.807. The van der Waals surface area contributed by atoms with Crippen LogP contribution in [0.15, 0.2) is 48.5 Å². The summed E-state index contributed by atoms with van der Waals surface area (Å²) in [5, 5.41) is -0.210. The molecule has 2 aromatic carbocycles. The van der Waals surface area contributed by atoms with Gasteiger partial charge in [0.25, 0.3) is 5.91 Å². The molecule has 0 unspecified atom stereocenters. The Labute approximate surface area is 175 Å². The molecule has 0 radical (unpaired) electrons. The molecule has 0 bridgehead atoms. The Morgan fingerprint density at radius 1 is 1.14 bits per heavy atom. The van der Waals surface area contributed by atoms with Crippen LogP contribution in [0.25, 0.3) is 0 Å². The first-order valence-corrected chi connectivity index (χ1v) is 11.1. The number of methoxy groups -OCH3 is 1. The molecule has 154 valence electrons. The van der Waals surface area contributed by atoms with Crippen LogP contribution in [0.1, 0.15) is 10.9 Å². The third kappa shape index (κ3) is 4.36. The maximum atomic E-state index is 14.2. The van der Waals surface area contributed by atoms with E-state index in [1.807, 2.05) is 29.2 Å². The van der Waals surface area contributed by atoms with Gasteiger partial charge in [-0.15, -0.1) is 11.8 Å². The number of benzene rings is 2. The summed E-state index contributed by atoms with van der Waals surface area (Å²) >= 11 is 1.64. The van der Waals surface area contributed by atoms with Gasteiger partial charge < -0.3 is 19.4 Å². The van der Waals surface area contributed by atoms with E-state index in [-0.39, 0.29) is 17.1 Å². The Bertz CT molecular complexity index is 857. The number of hydrogen-bond donors (Lipinski definition) is 1. The van der Waals surface area contributed by atoms with Crippen molar-refractivity contribution in [3.8, 4) is 5.75 Å². The average molecular weight is 417 g/mol. The smallest absolute Gasteiger partial charge is 0.278 e. The van der Waals surface area contributed by atoms with Gasteiger partial charge in [0, 0.05) is 17.9 Å². The van der Waals surface area contributed by atoms with Crippen molar-refractivity contribution in [2.24, 2.45) is 0 Å². The largest absolute Gasteiger partial charge is 0.495 e. The molecule has 2 aromatic rings. The standard InChI is InChI=1S/C22H26FN3O2S/c1-28-20-9-5-4-8-19(20)25-12-10-24(11-13-25)16-21(27)26-14-15-29-22(26)17-6-2-3-7-18(17)23/h2-9,22H,10-16H2,1H3/p+1/t22-/m1/s1. The fourth-order valence-electron chi connectivity index (χ4n) is 4.11. The number of quaternary nitrogens is 1. The van der Waals surface area contributed by atoms with Crippen molar-refractivity contribution in [1.29, 1.82) is 0 Å². The number of para-hydroxylation sites is 2. The van der Waals surface area contributed by atoms with Gasteiger partial charge in [0.05, 0.1) is 39.0 Å². The number of ether oxygens (including phenoxy) is 1. The Balaban J connectivity index is 1.36. The van der Waals surface area contributed by atoms with Crippen LogP contribution >= 0.6 is 11.8 Å². The van der Waals surface area contributed by atoms with E-state index in [2.05, 4.69) is 11.0 Å². The van der Waals surface area contributed by atoms with Crippen LogP contribution in [0.2, 0.25) is 0 Å². The second-order valence-corrected chi connectivity index (χ2v) is 8.61. The number of piperazine rings is 1. The minimum atomic E-state index is -0.234. The van der Waals surface area contributed by atoms with E-state index >= 15 is 0 Å². The molecule has 0 spiro atoms. The van der Waals surface area contributed by atoms with E-state index in [1.165, 1.54) is 11.0 Å². The first-order chi connectivity index (χ1) is 14.2. The molecule has 1 atom stereocenters. The van der Waals surface area contributed by atoms with E-state index in [0.29, 0.717) is 18.7 Å². The summed E-state index contributed by atoms with van der Waals surface area (Å²) < 4.78 is 19.7. The molecule has 1 amide bonds. The predicted octanol–water partition coefficient (Wildman–Crippen LogP) is 1.81. The number of rotatable bonds is 5. The highest BCUT2D eigenvalue weighted by Crippen LogP contribution is 2.38. The lowest BCUT2D eigenvalue weighted by Crippen LogP contribution is -3.15. The second-order valence-electron chi connectivity index (χ2n) is 7.42. The van der Waals surface area contributed by atoms with Crippen LogP contribution in [-0.4, -0.2) is 62.9 Å². The fraction of sp³-hybridized carbons (Fsp3) is 0.409. The Kier molecular flexibility index (Phi) is 6.25. The summed E-state index contributed by atoms with van der Waals surface area (Å²) in [7, 11) is 1.69. The zero-order valence-electron chi connectivity index (χ0n) is 16.6. The minimum Gasteiger partial charge on any atom is -0.495 e. The second kappa shape index (κ2) is 9.05. The Morgan fingerprint density at radius 3 is 2.62 bits per heavy atom. The maximum absolute atomic E-state index is 14.2. The van der Waals surface area contributed by atoms with Crippen LogP contribution in [0.3, 0.4) is 0 Å². The molecule has 0 aliphatic carbocycles.